The van der Waals surface area contributed by atoms with Gasteiger partial charge in [-0.25, -0.2) is 4.79 Å². The number of carboxylic acid groups (broad SMARTS) is 1. The van der Waals surface area contributed by atoms with Gasteiger partial charge in [-0.1, -0.05) is 0 Å². The molecule has 1 aromatic heterocycles. The minimum atomic E-state index is -0.969. The highest BCUT2D eigenvalue weighted by molar-refractivity contribution is 7.16. The minimum Gasteiger partial charge on any atom is -0.480 e. The molecule has 17 heavy (non-hydrogen) atoms. The van der Waals surface area contributed by atoms with Crippen LogP contribution in [-0.4, -0.2) is 30.2 Å². The fraction of sp³-hybridized carbons (Fsp3) is 0.455. The fourth-order valence-corrected chi connectivity index (χ4v) is 2.40. The van der Waals surface area contributed by atoms with E-state index in [1.165, 1.54) is 11.3 Å². The van der Waals surface area contributed by atoms with Crippen LogP contribution < -0.4 is 5.32 Å². The van der Waals surface area contributed by atoms with Crippen LogP contribution in [0.2, 0.25) is 0 Å². The molecular formula is C11H15NO4S. The molecule has 1 rings (SSSR count). The van der Waals surface area contributed by atoms with Crippen LogP contribution in [-0.2, 0) is 9.53 Å². The van der Waals surface area contributed by atoms with Gasteiger partial charge in [-0.05, 0) is 26.3 Å². The molecule has 0 aliphatic carbocycles. The number of ether oxygens (including phenoxy) is 1. The minimum absolute atomic E-state index is 0.216. The van der Waals surface area contributed by atoms with Crippen molar-refractivity contribution in [2.75, 3.05) is 18.5 Å². The summed E-state index contributed by atoms with van der Waals surface area (Å²) in [7, 11) is 0. The maximum atomic E-state index is 11.7. The first-order chi connectivity index (χ1) is 7.97. The number of hydrogen-bond acceptors (Lipinski definition) is 5. The Labute approximate surface area is 103 Å². The summed E-state index contributed by atoms with van der Waals surface area (Å²) in [5, 5.41) is 11.9. The van der Waals surface area contributed by atoms with Crippen molar-refractivity contribution in [3.05, 3.63) is 16.0 Å². The van der Waals surface area contributed by atoms with Crippen LogP contribution in [0.15, 0.2) is 0 Å². The van der Waals surface area contributed by atoms with E-state index in [2.05, 4.69) is 5.32 Å². The van der Waals surface area contributed by atoms with E-state index < -0.39 is 11.9 Å². The Morgan fingerprint density at radius 2 is 2.06 bits per heavy atom. The number of hydrogen-bond donors (Lipinski definition) is 2. The van der Waals surface area contributed by atoms with Crippen LogP contribution in [0.3, 0.4) is 0 Å². The van der Waals surface area contributed by atoms with Gasteiger partial charge < -0.3 is 15.2 Å². The maximum Gasteiger partial charge on any atom is 0.341 e. The number of aryl methyl sites for hydroxylation is 1. The highest BCUT2D eigenvalue weighted by Gasteiger charge is 2.20. The fourth-order valence-electron chi connectivity index (χ4n) is 1.36. The molecule has 0 spiro atoms. The van der Waals surface area contributed by atoms with Crippen molar-refractivity contribution in [1.29, 1.82) is 0 Å². The predicted molar refractivity (Wildman–Crippen MR) is 65.9 cm³/mol. The standard InChI is InChI=1S/C11H15NO4S/c1-4-16-11(15)9-6(2)7(3)17-10(9)12-5-8(13)14/h12H,4-5H2,1-3H3,(H,13,14). The van der Waals surface area contributed by atoms with Gasteiger partial charge in [0.25, 0.3) is 0 Å². The molecule has 5 nitrogen and oxygen atoms in total. The molecule has 0 radical (unpaired) electrons. The number of anilines is 1. The number of nitrogens with one attached hydrogen (secondary N) is 1. The SMILES string of the molecule is CCOC(=O)c1c(NCC(=O)O)sc(C)c1C. The van der Waals surface area contributed by atoms with Crippen molar-refractivity contribution >= 4 is 28.3 Å². The molecule has 0 aliphatic heterocycles. The Kier molecular flexibility index (Phi) is 4.51. The van der Waals surface area contributed by atoms with Gasteiger partial charge in [0.15, 0.2) is 0 Å². The molecule has 0 bridgehead atoms. The normalized spacial score (nSPS) is 10.1. The topological polar surface area (TPSA) is 75.6 Å². The largest absolute Gasteiger partial charge is 0.480 e. The highest BCUT2D eigenvalue weighted by atomic mass is 32.1. The van der Waals surface area contributed by atoms with E-state index in [-0.39, 0.29) is 6.54 Å². The van der Waals surface area contributed by atoms with Crippen molar-refractivity contribution in [2.24, 2.45) is 0 Å². The van der Waals surface area contributed by atoms with Crippen LogP contribution in [0.4, 0.5) is 5.00 Å². The van der Waals surface area contributed by atoms with E-state index in [0.29, 0.717) is 17.2 Å². The second-order valence-electron chi connectivity index (χ2n) is 3.46. The summed E-state index contributed by atoms with van der Waals surface area (Å²) in [4.78, 5) is 23.2. The quantitative estimate of drug-likeness (QED) is 0.789. The van der Waals surface area contributed by atoms with Crippen LogP contribution in [0.25, 0.3) is 0 Å². The number of rotatable bonds is 5. The molecule has 2 N–H and O–H groups in total. The van der Waals surface area contributed by atoms with Crippen LogP contribution in [0.1, 0.15) is 27.7 Å². The summed E-state index contributed by atoms with van der Waals surface area (Å²) in [5.74, 6) is -1.38. The Hall–Kier alpha value is -1.56. The zero-order valence-corrected chi connectivity index (χ0v) is 10.8. The smallest absolute Gasteiger partial charge is 0.341 e. The lowest BCUT2D eigenvalue weighted by atomic mass is 10.1. The van der Waals surface area contributed by atoms with Gasteiger partial charge in [0.1, 0.15) is 11.5 Å². The first-order valence-electron chi connectivity index (χ1n) is 5.20. The van der Waals surface area contributed by atoms with E-state index in [1.54, 1.807) is 6.92 Å². The molecule has 0 fully saturated rings. The second-order valence-corrected chi connectivity index (χ2v) is 4.68. The van der Waals surface area contributed by atoms with E-state index in [4.69, 9.17) is 9.84 Å². The lowest BCUT2D eigenvalue weighted by Gasteiger charge is -2.05. The maximum absolute atomic E-state index is 11.7. The molecule has 0 atom stereocenters. The van der Waals surface area contributed by atoms with E-state index >= 15 is 0 Å². The number of carbonyl (C=O) groups is 2. The van der Waals surface area contributed by atoms with Gasteiger partial charge in [0, 0.05) is 4.88 Å². The van der Waals surface area contributed by atoms with Gasteiger partial charge in [-0.2, -0.15) is 0 Å². The molecule has 0 saturated carbocycles. The lowest BCUT2D eigenvalue weighted by molar-refractivity contribution is -0.134. The summed E-state index contributed by atoms with van der Waals surface area (Å²) in [6.45, 7) is 5.52. The number of esters is 1. The average molecular weight is 257 g/mol. The number of carbonyl (C=O) groups excluding carboxylic acids is 1. The Bertz CT molecular complexity index is 439. The zero-order valence-electron chi connectivity index (χ0n) is 9.99. The third-order valence-corrected chi connectivity index (χ3v) is 3.43. The number of thiophene rings is 1. The zero-order chi connectivity index (χ0) is 13.0. The first kappa shape index (κ1) is 13.5. The molecule has 94 valence electrons. The first-order valence-corrected chi connectivity index (χ1v) is 6.01. The summed E-state index contributed by atoms with van der Waals surface area (Å²) >= 11 is 1.36. The number of aliphatic carboxylic acids is 1. The van der Waals surface area contributed by atoms with E-state index in [0.717, 1.165) is 10.4 Å². The summed E-state index contributed by atoms with van der Waals surface area (Å²) in [5.41, 5.74) is 1.27. The highest BCUT2D eigenvalue weighted by Crippen LogP contribution is 2.32. The van der Waals surface area contributed by atoms with Crippen molar-refractivity contribution in [2.45, 2.75) is 20.8 Å². The molecule has 1 heterocycles. The molecule has 0 aromatic carbocycles. The summed E-state index contributed by atoms with van der Waals surface area (Å²) in [6.07, 6.45) is 0. The monoisotopic (exact) mass is 257 g/mol. The van der Waals surface area contributed by atoms with Gasteiger partial charge >= 0.3 is 11.9 Å². The van der Waals surface area contributed by atoms with E-state index in [1.807, 2.05) is 13.8 Å². The van der Waals surface area contributed by atoms with Crippen molar-refractivity contribution in [1.82, 2.24) is 0 Å². The van der Waals surface area contributed by atoms with Crippen molar-refractivity contribution in [3.63, 3.8) is 0 Å². The van der Waals surface area contributed by atoms with Gasteiger partial charge in [0.05, 0.1) is 12.2 Å². The summed E-state index contributed by atoms with van der Waals surface area (Å²) < 4.78 is 4.95. The molecule has 0 amide bonds. The molecular weight excluding hydrogens is 242 g/mol. The number of carboxylic acids is 1. The van der Waals surface area contributed by atoms with Crippen LogP contribution in [0, 0.1) is 13.8 Å². The Balaban J connectivity index is 2.99. The van der Waals surface area contributed by atoms with Gasteiger partial charge in [-0.15, -0.1) is 11.3 Å². The predicted octanol–water partition coefficient (Wildman–Crippen LogP) is 2.04. The van der Waals surface area contributed by atoms with Crippen LogP contribution >= 0.6 is 11.3 Å². The third kappa shape index (κ3) is 3.20. The van der Waals surface area contributed by atoms with Crippen LogP contribution in [0.5, 0.6) is 0 Å². The second kappa shape index (κ2) is 5.67. The average Bonchev–Trinajstić information content (AvgIpc) is 2.52. The molecule has 0 unspecified atom stereocenters. The van der Waals surface area contributed by atoms with Crippen molar-refractivity contribution < 1.29 is 19.4 Å². The van der Waals surface area contributed by atoms with E-state index in [9.17, 15) is 9.59 Å². The molecule has 6 heteroatoms. The Morgan fingerprint density at radius 1 is 1.41 bits per heavy atom. The van der Waals surface area contributed by atoms with Crippen molar-refractivity contribution in [3.8, 4) is 0 Å². The molecule has 1 aromatic rings. The Morgan fingerprint density at radius 3 is 2.59 bits per heavy atom. The van der Waals surface area contributed by atoms with Gasteiger partial charge in [0.2, 0.25) is 0 Å². The van der Waals surface area contributed by atoms with Gasteiger partial charge in [-0.3, -0.25) is 4.79 Å². The lowest BCUT2D eigenvalue weighted by Crippen LogP contribution is -2.14. The molecule has 0 aliphatic rings. The third-order valence-electron chi connectivity index (χ3n) is 2.27. The molecule has 0 saturated heterocycles. The summed E-state index contributed by atoms with van der Waals surface area (Å²) in [6, 6.07) is 0.